The Bertz CT molecular complexity index is 498. The van der Waals surface area contributed by atoms with Gasteiger partial charge in [-0.2, -0.15) is 0 Å². The molecule has 1 saturated heterocycles. The molecule has 0 aromatic heterocycles. The molecule has 1 aliphatic rings. The Hall–Kier alpha value is -2.37. The summed E-state index contributed by atoms with van der Waals surface area (Å²) in [7, 11) is 0. The highest BCUT2D eigenvalue weighted by atomic mass is 16.3. The number of phenolic OH excluding ortho intramolecular Hbond substituents is 1. The Morgan fingerprint density at radius 1 is 1.35 bits per heavy atom. The van der Waals surface area contributed by atoms with Crippen LogP contribution in [0.4, 0.5) is 10.5 Å². The third-order valence-corrected chi connectivity index (χ3v) is 2.51. The number of benzene rings is 1. The molecule has 2 rings (SSSR count). The number of phenols is 1. The minimum Gasteiger partial charge on any atom is -0.507 e. The van der Waals surface area contributed by atoms with Crippen molar-refractivity contribution in [2.24, 2.45) is 0 Å². The largest absolute Gasteiger partial charge is 0.507 e. The van der Waals surface area contributed by atoms with E-state index in [0.29, 0.717) is 12.0 Å². The smallest absolute Gasteiger partial charge is 0.328 e. The van der Waals surface area contributed by atoms with Crippen molar-refractivity contribution >= 4 is 23.9 Å². The van der Waals surface area contributed by atoms with E-state index in [2.05, 4.69) is 5.32 Å². The van der Waals surface area contributed by atoms with Crippen LogP contribution in [-0.2, 0) is 4.79 Å². The van der Waals surface area contributed by atoms with Crippen LogP contribution in [0.25, 0.3) is 0 Å². The molecule has 0 atom stereocenters. The number of nitrogens with one attached hydrogen (secondary N) is 1. The molecule has 1 aromatic carbocycles. The van der Waals surface area contributed by atoms with Crippen molar-refractivity contribution in [3.8, 4) is 5.75 Å². The molecule has 0 aliphatic carbocycles. The summed E-state index contributed by atoms with van der Waals surface area (Å²) >= 11 is 0. The van der Waals surface area contributed by atoms with Crippen LogP contribution in [0.1, 0.15) is 16.8 Å². The summed E-state index contributed by atoms with van der Waals surface area (Å²) in [5, 5.41) is 11.7. The standard InChI is InChI=1S/C11H10N2O4/c14-6-7-1-2-8(5-9(7)15)13-4-3-10(16)12-11(13)17/h1-2,5-6,15H,3-4H2,(H,12,16,17). The van der Waals surface area contributed by atoms with Gasteiger partial charge in [0.05, 0.1) is 5.56 Å². The van der Waals surface area contributed by atoms with E-state index in [0.717, 1.165) is 0 Å². The van der Waals surface area contributed by atoms with Crippen LogP contribution in [0.2, 0.25) is 0 Å². The lowest BCUT2D eigenvalue weighted by molar-refractivity contribution is -0.120. The Morgan fingerprint density at radius 3 is 2.71 bits per heavy atom. The van der Waals surface area contributed by atoms with Gasteiger partial charge in [-0.1, -0.05) is 0 Å². The first-order valence-corrected chi connectivity index (χ1v) is 5.01. The molecular formula is C11H10N2O4. The number of aldehydes is 1. The van der Waals surface area contributed by atoms with Gasteiger partial charge in [-0.15, -0.1) is 0 Å². The molecule has 0 radical (unpaired) electrons. The molecule has 1 aromatic rings. The Morgan fingerprint density at radius 2 is 2.12 bits per heavy atom. The SMILES string of the molecule is O=Cc1ccc(N2CCC(=O)NC2=O)cc1O. The lowest BCUT2D eigenvalue weighted by Crippen LogP contribution is -2.49. The first-order chi connectivity index (χ1) is 8.11. The van der Waals surface area contributed by atoms with Crippen molar-refractivity contribution in [3.63, 3.8) is 0 Å². The fourth-order valence-electron chi connectivity index (χ4n) is 1.61. The molecule has 0 saturated carbocycles. The highest BCUT2D eigenvalue weighted by Gasteiger charge is 2.24. The van der Waals surface area contributed by atoms with Gasteiger partial charge in [-0.25, -0.2) is 4.79 Å². The summed E-state index contributed by atoms with van der Waals surface area (Å²) in [6.07, 6.45) is 0.737. The van der Waals surface area contributed by atoms with E-state index in [4.69, 9.17) is 0 Å². The Balaban J connectivity index is 2.28. The Labute approximate surface area is 96.8 Å². The first kappa shape index (κ1) is 11.1. The van der Waals surface area contributed by atoms with E-state index in [-0.39, 0.29) is 30.2 Å². The minimum absolute atomic E-state index is 0.155. The van der Waals surface area contributed by atoms with Crippen LogP contribution in [0.15, 0.2) is 18.2 Å². The number of anilines is 1. The lowest BCUT2D eigenvalue weighted by atomic mass is 10.1. The zero-order valence-corrected chi connectivity index (χ0v) is 8.84. The molecule has 6 heteroatoms. The van der Waals surface area contributed by atoms with E-state index in [1.54, 1.807) is 6.07 Å². The summed E-state index contributed by atoms with van der Waals surface area (Å²) in [6.45, 7) is 0.255. The maximum Gasteiger partial charge on any atom is 0.328 e. The fraction of sp³-hybridized carbons (Fsp3) is 0.182. The van der Waals surface area contributed by atoms with Crippen LogP contribution in [0, 0.1) is 0 Å². The lowest BCUT2D eigenvalue weighted by Gasteiger charge is -2.26. The second-order valence-corrected chi connectivity index (χ2v) is 3.62. The average molecular weight is 234 g/mol. The van der Waals surface area contributed by atoms with Crippen LogP contribution >= 0.6 is 0 Å². The average Bonchev–Trinajstić information content (AvgIpc) is 2.29. The van der Waals surface area contributed by atoms with Gasteiger partial charge in [0, 0.05) is 24.7 Å². The fourth-order valence-corrected chi connectivity index (χ4v) is 1.61. The highest BCUT2D eigenvalue weighted by Crippen LogP contribution is 2.24. The summed E-state index contributed by atoms with van der Waals surface area (Å²) in [6, 6.07) is 3.75. The molecule has 0 bridgehead atoms. The Kier molecular flexibility index (Phi) is 2.78. The number of amides is 3. The number of imide groups is 1. The number of urea groups is 1. The topological polar surface area (TPSA) is 86.7 Å². The molecule has 1 aliphatic heterocycles. The molecule has 0 spiro atoms. The van der Waals surface area contributed by atoms with Crippen molar-refractivity contribution < 1.29 is 19.5 Å². The number of hydrogen-bond acceptors (Lipinski definition) is 4. The van der Waals surface area contributed by atoms with Gasteiger partial charge in [0.2, 0.25) is 5.91 Å². The molecule has 2 N–H and O–H groups in total. The molecule has 0 unspecified atom stereocenters. The zero-order chi connectivity index (χ0) is 12.4. The van der Waals surface area contributed by atoms with Crippen molar-refractivity contribution in [2.45, 2.75) is 6.42 Å². The maximum atomic E-state index is 11.5. The predicted octanol–water partition coefficient (Wildman–Crippen LogP) is 0.651. The van der Waals surface area contributed by atoms with Crippen LogP contribution in [0.3, 0.4) is 0 Å². The molecule has 17 heavy (non-hydrogen) atoms. The summed E-state index contributed by atoms with van der Waals surface area (Å²) in [4.78, 5) is 34.3. The van der Waals surface area contributed by atoms with Gasteiger partial charge in [0.25, 0.3) is 0 Å². The summed E-state index contributed by atoms with van der Waals surface area (Å²) in [5.74, 6) is -0.512. The molecule has 3 amide bonds. The zero-order valence-electron chi connectivity index (χ0n) is 8.84. The predicted molar refractivity (Wildman–Crippen MR) is 59.0 cm³/mol. The third kappa shape index (κ3) is 2.10. The second kappa shape index (κ2) is 4.25. The quantitative estimate of drug-likeness (QED) is 0.735. The van der Waals surface area contributed by atoms with Gasteiger partial charge in [0.15, 0.2) is 6.29 Å². The van der Waals surface area contributed by atoms with Crippen molar-refractivity contribution in [2.75, 3.05) is 11.4 Å². The summed E-state index contributed by atoms with van der Waals surface area (Å²) in [5.41, 5.74) is 0.598. The molecular weight excluding hydrogens is 224 g/mol. The van der Waals surface area contributed by atoms with Gasteiger partial charge in [-0.3, -0.25) is 19.8 Å². The van der Waals surface area contributed by atoms with Crippen molar-refractivity contribution in [1.29, 1.82) is 0 Å². The van der Waals surface area contributed by atoms with Gasteiger partial charge in [-0.05, 0) is 12.1 Å². The van der Waals surface area contributed by atoms with Gasteiger partial charge < -0.3 is 5.11 Å². The van der Waals surface area contributed by atoms with Crippen LogP contribution < -0.4 is 10.2 Å². The number of nitrogens with zero attached hydrogens (tertiary/aromatic N) is 1. The number of hydrogen-bond donors (Lipinski definition) is 2. The minimum atomic E-state index is -0.528. The van der Waals surface area contributed by atoms with Gasteiger partial charge in [0.1, 0.15) is 5.75 Å². The number of rotatable bonds is 2. The highest BCUT2D eigenvalue weighted by molar-refractivity contribution is 6.05. The molecule has 88 valence electrons. The maximum absolute atomic E-state index is 11.5. The molecule has 6 nitrogen and oxygen atoms in total. The monoisotopic (exact) mass is 234 g/mol. The first-order valence-electron chi connectivity index (χ1n) is 5.01. The van der Waals surface area contributed by atoms with Crippen LogP contribution in [0.5, 0.6) is 5.75 Å². The van der Waals surface area contributed by atoms with Crippen molar-refractivity contribution in [1.82, 2.24) is 5.32 Å². The van der Waals surface area contributed by atoms with Gasteiger partial charge >= 0.3 is 6.03 Å². The molecule has 1 heterocycles. The summed E-state index contributed by atoms with van der Waals surface area (Å²) < 4.78 is 0. The van der Waals surface area contributed by atoms with Crippen molar-refractivity contribution in [3.05, 3.63) is 23.8 Å². The normalized spacial score (nSPS) is 15.6. The van der Waals surface area contributed by atoms with E-state index in [1.807, 2.05) is 0 Å². The van der Waals surface area contributed by atoms with E-state index in [9.17, 15) is 19.5 Å². The number of aromatic hydroxyl groups is 1. The third-order valence-electron chi connectivity index (χ3n) is 2.51. The molecule has 1 fully saturated rings. The van der Waals surface area contributed by atoms with E-state index in [1.165, 1.54) is 17.0 Å². The number of carbonyl (C=O) groups excluding carboxylic acids is 3. The van der Waals surface area contributed by atoms with E-state index >= 15 is 0 Å². The number of carbonyl (C=O) groups is 3. The van der Waals surface area contributed by atoms with Crippen LogP contribution in [-0.4, -0.2) is 29.9 Å². The van der Waals surface area contributed by atoms with E-state index < -0.39 is 6.03 Å². The second-order valence-electron chi connectivity index (χ2n) is 3.62.